The number of anilines is 1. The zero-order chi connectivity index (χ0) is 17.2. The molecule has 1 saturated heterocycles. The highest BCUT2D eigenvalue weighted by atomic mass is 16.5. The Kier molecular flexibility index (Phi) is 4.89. The van der Waals surface area contributed by atoms with E-state index in [9.17, 15) is 4.79 Å². The number of ether oxygens (including phenoxy) is 2. The topological polar surface area (TPSA) is 67.8 Å². The Morgan fingerprint density at radius 1 is 1.46 bits per heavy atom. The van der Waals surface area contributed by atoms with Crippen molar-refractivity contribution < 1.29 is 14.3 Å². The van der Waals surface area contributed by atoms with Crippen molar-refractivity contribution in [3.05, 3.63) is 12.4 Å². The summed E-state index contributed by atoms with van der Waals surface area (Å²) in [6.45, 7) is 2.68. The third-order valence-corrected chi connectivity index (χ3v) is 5.31. The molecule has 0 bridgehead atoms. The zero-order valence-corrected chi connectivity index (χ0v) is 14.7. The number of methoxy groups -OCH3 is 1. The highest BCUT2D eigenvalue weighted by Crippen LogP contribution is 2.49. The van der Waals surface area contributed by atoms with Gasteiger partial charge in [0, 0.05) is 38.7 Å². The molecule has 1 saturated carbocycles. The fraction of sp³-hybridized carbons (Fsp3) is 0.706. The highest BCUT2D eigenvalue weighted by Gasteiger charge is 2.50. The standard InChI is InChI=1S/C17H26N4O3/c1-20(2)16(22)9-24-11-17-6-4-5-13(17)8-21(10-17)14-7-15(23-3)19-12-18-14/h7,12-13H,4-6,8-11H2,1-3H3/t13-,17+/m1/s1. The van der Waals surface area contributed by atoms with E-state index in [2.05, 4.69) is 14.9 Å². The van der Waals surface area contributed by atoms with Gasteiger partial charge >= 0.3 is 0 Å². The molecule has 1 aromatic heterocycles. The molecule has 1 aliphatic carbocycles. The van der Waals surface area contributed by atoms with Crippen LogP contribution in [0.5, 0.6) is 5.88 Å². The van der Waals surface area contributed by atoms with E-state index >= 15 is 0 Å². The maximum absolute atomic E-state index is 11.7. The molecule has 1 aliphatic heterocycles. The average Bonchev–Trinajstić information content (AvgIpc) is 3.11. The molecule has 2 atom stereocenters. The van der Waals surface area contributed by atoms with E-state index < -0.39 is 0 Å². The minimum atomic E-state index is 0.0105. The summed E-state index contributed by atoms with van der Waals surface area (Å²) in [5.74, 6) is 2.09. The van der Waals surface area contributed by atoms with E-state index in [1.54, 1.807) is 32.4 Å². The van der Waals surface area contributed by atoms with Gasteiger partial charge in [-0.15, -0.1) is 0 Å². The summed E-state index contributed by atoms with van der Waals surface area (Å²) in [5.41, 5.74) is 0.130. The molecule has 0 radical (unpaired) electrons. The van der Waals surface area contributed by atoms with Gasteiger partial charge in [0.15, 0.2) is 0 Å². The largest absolute Gasteiger partial charge is 0.481 e. The molecular formula is C17H26N4O3. The number of hydrogen-bond donors (Lipinski definition) is 0. The van der Waals surface area contributed by atoms with Crippen molar-refractivity contribution in [2.75, 3.05) is 52.4 Å². The average molecular weight is 334 g/mol. The first kappa shape index (κ1) is 17.0. The van der Waals surface area contributed by atoms with Crippen LogP contribution in [0, 0.1) is 11.3 Å². The fourth-order valence-electron chi connectivity index (χ4n) is 3.91. The van der Waals surface area contributed by atoms with Gasteiger partial charge in [0.05, 0.1) is 13.7 Å². The summed E-state index contributed by atoms with van der Waals surface area (Å²) in [7, 11) is 5.12. The van der Waals surface area contributed by atoms with Gasteiger partial charge in [0.25, 0.3) is 0 Å². The predicted molar refractivity (Wildman–Crippen MR) is 90.1 cm³/mol. The lowest BCUT2D eigenvalue weighted by molar-refractivity contribution is -0.134. The normalized spacial score (nSPS) is 25.6. The second-order valence-electron chi connectivity index (χ2n) is 7.03. The maximum Gasteiger partial charge on any atom is 0.248 e. The van der Waals surface area contributed by atoms with Crippen LogP contribution in [0.3, 0.4) is 0 Å². The van der Waals surface area contributed by atoms with Gasteiger partial charge in [-0.3, -0.25) is 4.79 Å². The fourth-order valence-corrected chi connectivity index (χ4v) is 3.91. The lowest BCUT2D eigenvalue weighted by Crippen LogP contribution is -2.35. The van der Waals surface area contributed by atoms with Crippen molar-refractivity contribution >= 4 is 11.7 Å². The van der Waals surface area contributed by atoms with Crippen LogP contribution in [0.25, 0.3) is 0 Å². The second kappa shape index (κ2) is 6.93. The molecule has 7 heteroatoms. The number of aromatic nitrogens is 2. The Morgan fingerprint density at radius 3 is 3.04 bits per heavy atom. The van der Waals surface area contributed by atoms with E-state index in [0.717, 1.165) is 25.3 Å². The van der Waals surface area contributed by atoms with E-state index in [4.69, 9.17) is 9.47 Å². The third-order valence-electron chi connectivity index (χ3n) is 5.31. The minimum absolute atomic E-state index is 0.0105. The molecule has 7 nitrogen and oxygen atoms in total. The molecule has 2 aliphatic rings. The number of fused-ring (bicyclic) bond motifs is 1. The number of carbonyl (C=O) groups excluding carboxylic acids is 1. The lowest BCUT2D eigenvalue weighted by Gasteiger charge is -2.28. The van der Waals surface area contributed by atoms with Crippen molar-refractivity contribution in [2.45, 2.75) is 19.3 Å². The third kappa shape index (κ3) is 3.31. The summed E-state index contributed by atoms with van der Waals surface area (Å²) >= 11 is 0. The van der Waals surface area contributed by atoms with Crippen molar-refractivity contribution in [2.24, 2.45) is 11.3 Å². The van der Waals surface area contributed by atoms with Crippen LogP contribution in [-0.4, -0.2) is 68.3 Å². The molecule has 1 amide bonds. The number of hydrogen-bond acceptors (Lipinski definition) is 6. The number of nitrogens with zero attached hydrogens (tertiary/aromatic N) is 4. The lowest BCUT2D eigenvalue weighted by atomic mass is 9.82. The number of rotatable bonds is 6. The van der Waals surface area contributed by atoms with Gasteiger partial charge in [0.1, 0.15) is 18.8 Å². The van der Waals surface area contributed by atoms with Gasteiger partial charge in [-0.1, -0.05) is 6.42 Å². The minimum Gasteiger partial charge on any atom is -0.481 e. The quantitative estimate of drug-likeness (QED) is 0.779. The van der Waals surface area contributed by atoms with Crippen molar-refractivity contribution in [3.63, 3.8) is 0 Å². The molecule has 0 spiro atoms. The Balaban J connectivity index is 1.65. The van der Waals surface area contributed by atoms with Crippen LogP contribution < -0.4 is 9.64 Å². The Labute approximate surface area is 143 Å². The van der Waals surface area contributed by atoms with Crippen LogP contribution in [0.15, 0.2) is 12.4 Å². The van der Waals surface area contributed by atoms with Crippen LogP contribution in [-0.2, 0) is 9.53 Å². The van der Waals surface area contributed by atoms with Crippen LogP contribution in [0.1, 0.15) is 19.3 Å². The summed E-state index contributed by atoms with van der Waals surface area (Å²) in [4.78, 5) is 24.1. The van der Waals surface area contributed by atoms with Crippen LogP contribution in [0.4, 0.5) is 5.82 Å². The molecule has 0 N–H and O–H groups in total. The monoisotopic (exact) mass is 334 g/mol. The van der Waals surface area contributed by atoms with Crippen LogP contribution >= 0.6 is 0 Å². The molecular weight excluding hydrogens is 308 g/mol. The van der Waals surface area contributed by atoms with Gasteiger partial charge in [-0.2, -0.15) is 0 Å². The first-order chi connectivity index (χ1) is 11.5. The first-order valence-electron chi connectivity index (χ1n) is 8.43. The molecule has 0 unspecified atom stereocenters. The Hall–Kier alpha value is -1.89. The molecule has 2 fully saturated rings. The number of likely N-dealkylation sites (N-methyl/N-ethyl adjacent to an activating group) is 1. The summed E-state index contributed by atoms with van der Waals surface area (Å²) in [6.07, 6.45) is 5.13. The molecule has 2 heterocycles. The van der Waals surface area contributed by atoms with E-state index in [1.807, 2.05) is 6.07 Å². The summed E-state index contributed by atoms with van der Waals surface area (Å²) in [5, 5.41) is 0. The summed E-state index contributed by atoms with van der Waals surface area (Å²) < 4.78 is 11.0. The second-order valence-corrected chi connectivity index (χ2v) is 7.03. The molecule has 132 valence electrons. The SMILES string of the molecule is COc1cc(N2C[C@H]3CCC[C@@]3(COCC(=O)N(C)C)C2)ncn1. The Bertz CT molecular complexity index is 595. The smallest absolute Gasteiger partial charge is 0.248 e. The van der Waals surface area contributed by atoms with E-state index in [1.165, 1.54) is 12.8 Å². The molecule has 24 heavy (non-hydrogen) atoms. The van der Waals surface area contributed by atoms with Crippen molar-refractivity contribution in [1.29, 1.82) is 0 Å². The maximum atomic E-state index is 11.7. The predicted octanol–water partition coefficient (Wildman–Crippen LogP) is 1.20. The number of amides is 1. The van der Waals surface area contributed by atoms with Crippen molar-refractivity contribution in [1.82, 2.24) is 14.9 Å². The molecule has 3 rings (SSSR count). The van der Waals surface area contributed by atoms with Gasteiger partial charge in [-0.25, -0.2) is 9.97 Å². The van der Waals surface area contributed by atoms with Crippen molar-refractivity contribution in [3.8, 4) is 5.88 Å². The highest BCUT2D eigenvalue weighted by molar-refractivity contribution is 5.76. The molecule has 0 aromatic carbocycles. The Morgan fingerprint density at radius 2 is 2.29 bits per heavy atom. The van der Waals surface area contributed by atoms with E-state index in [-0.39, 0.29) is 17.9 Å². The molecule has 1 aromatic rings. The zero-order valence-electron chi connectivity index (χ0n) is 14.7. The van der Waals surface area contributed by atoms with E-state index in [0.29, 0.717) is 18.4 Å². The van der Waals surface area contributed by atoms with Gasteiger partial charge in [-0.05, 0) is 18.8 Å². The first-order valence-corrected chi connectivity index (χ1v) is 8.43. The summed E-state index contributed by atoms with van der Waals surface area (Å²) in [6, 6.07) is 1.88. The number of carbonyl (C=O) groups is 1. The van der Waals surface area contributed by atoms with Gasteiger partial charge in [0.2, 0.25) is 11.8 Å². The van der Waals surface area contributed by atoms with Gasteiger partial charge < -0.3 is 19.3 Å². The van der Waals surface area contributed by atoms with Crippen LogP contribution in [0.2, 0.25) is 0 Å².